The number of hydrogen-bond donors (Lipinski definition) is 1. The van der Waals surface area contributed by atoms with Crippen LogP contribution in [-0.4, -0.2) is 34.5 Å². The maximum absolute atomic E-state index is 6.31. The fourth-order valence-corrected chi connectivity index (χ4v) is 2.75. The Morgan fingerprint density at radius 2 is 1.90 bits per heavy atom. The molecule has 1 aromatic rings. The van der Waals surface area contributed by atoms with E-state index in [0.717, 1.165) is 25.1 Å². The fraction of sp³-hybridized carbons (Fsp3) is 0.625. The van der Waals surface area contributed by atoms with Gasteiger partial charge in [-0.15, -0.1) is 0 Å². The number of methoxy groups -OCH3 is 3. The normalized spacial score (nSPS) is 13.8. The third kappa shape index (κ3) is 4.77. The Kier molecular flexibility index (Phi) is 7.86. The second-order valence-corrected chi connectivity index (χ2v) is 5.44. The first-order chi connectivity index (χ1) is 10.1. The van der Waals surface area contributed by atoms with Crippen LogP contribution in [0.4, 0.5) is 0 Å². The van der Waals surface area contributed by atoms with Crippen molar-refractivity contribution in [2.75, 3.05) is 34.5 Å². The van der Waals surface area contributed by atoms with Crippen molar-refractivity contribution in [3.05, 3.63) is 22.7 Å². The van der Waals surface area contributed by atoms with Crippen molar-refractivity contribution in [1.82, 2.24) is 5.32 Å². The molecule has 0 fully saturated rings. The van der Waals surface area contributed by atoms with Crippen LogP contribution in [0, 0.1) is 5.92 Å². The SMILES string of the molecule is CCNC(c1cc(Cl)c(OC)c(OC)c1)C(C)CCOC. The van der Waals surface area contributed by atoms with Crippen LogP contribution in [0.15, 0.2) is 12.1 Å². The highest BCUT2D eigenvalue weighted by molar-refractivity contribution is 6.32. The van der Waals surface area contributed by atoms with Gasteiger partial charge in [-0.3, -0.25) is 0 Å². The summed E-state index contributed by atoms with van der Waals surface area (Å²) in [7, 11) is 4.93. The average Bonchev–Trinajstić information content (AvgIpc) is 2.49. The molecule has 1 rings (SSSR count). The van der Waals surface area contributed by atoms with Crippen molar-refractivity contribution in [2.24, 2.45) is 5.92 Å². The molecule has 1 aromatic carbocycles. The lowest BCUT2D eigenvalue weighted by atomic mass is 9.91. The molecular weight excluding hydrogens is 290 g/mol. The molecule has 0 aromatic heterocycles. The van der Waals surface area contributed by atoms with Crippen molar-refractivity contribution in [2.45, 2.75) is 26.3 Å². The predicted molar refractivity (Wildman–Crippen MR) is 86.6 cm³/mol. The monoisotopic (exact) mass is 315 g/mol. The lowest BCUT2D eigenvalue weighted by molar-refractivity contribution is 0.170. The van der Waals surface area contributed by atoms with E-state index in [2.05, 4.69) is 19.2 Å². The summed E-state index contributed by atoms with van der Waals surface area (Å²) in [5, 5.41) is 4.08. The molecule has 0 aliphatic heterocycles. The lowest BCUT2D eigenvalue weighted by Crippen LogP contribution is -2.27. The zero-order chi connectivity index (χ0) is 15.8. The highest BCUT2D eigenvalue weighted by atomic mass is 35.5. The van der Waals surface area contributed by atoms with Crippen molar-refractivity contribution in [3.8, 4) is 11.5 Å². The first-order valence-electron chi connectivity index (χ1n) is 7.22. The molecule has 120 valence electrons. The number of hydrogen-bond acceptors (Lipinski definition) is 4. The Hall–Kier alpha value is -0.970. The number of ether oxygens (including phenoxy) is 3. The quantitative estimate of drug-likeness (QED) is 0.754. The third-order valence-electron chi connectivity index (χ3n) is 3.59. The second-order valence-electron chi connectivity index (χ2n) is 5.03. The first-order valence-corrected chi connectivity index (χ1v) is 7.60. The number of halogens is 1. The summed E-state index contributed by atoms with van der Waals surface area (Å²) >= 11 is 6.31. The molecule has 0 aliphatic carbocycles. The van der Waals surface area contributed by atoms with E-state index in [1.54, 1.807) is 21.3 Å². The summed E-state index contributed by atoms with van der Waals surface area (Å²) in [6.07, 6.45) is 0.972. The molecular formula is C16H26ClNO3. The van der Waals surface area contributed by atoms with Crippen LogP contribution in [0.5, 0.6) is 11.5 Å². The number of benzene rings is 1. The molecule has 0 aliphatic rings. The molecule has 5 heteroatoms. The Bertz CT molecular complexity index is 440. The van der Waals surface area contributed by atoms with Crippen LogP contribution in [0.3, 0.4) is 0 Å². The number of rotatable bonds is 9. The van der Waals surface area contributed by atoms with Crippen LogP contribution in [0.1, 0.15) is 31.9 Å². The Labute approximate surface area is 132 Å². The molecule has 4 nitrogen and oxygen atoms in total. The van der Waals surface area contributed by atoms with Crippen LogP contribution in [0.25, 0.3) is 0 Å². The molecule has 2 atom stereocenters. The smallest absolute Gasteiger partial charge is 0.179 e. The molecule has 0 radical (unpaired) electrons. The van der Waals surface area contributed by atoms with Crippen molar-refractivity contribution >= 4 is 11.6 Å². The zero-order valence-electron chi connectivity index (χ0n) is 13.5. The van der Waals surface area contributed by atoms with Gasteiger partial charge in [0.2, 0.25) is 0 Å². The molecule has 0 bridgehead atoms. The minimum atomic E-state index is 0.197. The van der Waals surface area contributed by atoms with Crippen LogP contribution in [0.2, 0.25) is 5.02 Å². The van der Waals surface area contributed by atoms with E-state index in [1.165, 1.54) is 0 Å². The van der Waals surface area contributed by atoms with Crippen LogP contribution in [-0.2, 0) is 4.74 Å². The predicted octanol–water partition coefficient (Wildman–Crippen LogP) is 3.68. The van der Waals surface area contributed by atoms with Gasteiger partial charge in [0.1, 0.15) is 0 Å². The van der Waals surface area contributed by atoms with Crippen molar-refractivity contribution in [3.63, 3.8) is 0 Å². The largest absolute Gasteiger partial charge is 0.493 e. The zero-order valence-corrected chi connectivity index (χ0v) is 14.3. The summed E-state index contributed by atoms with van der Waals surface area (Å²) in [5.74, 6) is 1.64. The van der Waals surface area contributed by atoms with E-state index < -0.39 is 0 Å². The standard InChI is InChI=1S/C16H26ClNO3/c1-6-18-15(11(2)7-8-19-3)12-9-13(17)16(21-5)14(10-12)20-4/h9-11,15,18H,6-8H2,1-5H3. The van der Waals surface area contributed by atoms with Gasteiger partial charge in [-0.25, -0.2) is 0 Å². The molecule has 21 heavy (non-hydrogen) atoms. The van der Waals surface area contributed by atoms with Crippen LogP contribution < -0.4 is 14.8 Å². The Morgan fingerprint density at radius 1 is 1.19 bits per heavy atom. The summed E-state index contributed by atoms with van der Waals surface area (Å²) < 4.78 is 15.9. The van der Waals surface area contributed by atoms with Gasteiger partial charge < -0.3 is 19.5 Å². The minimum Gasteiger partial charge on any atom is -0.493 e. The summed E-state index contributed by atoms with van der Waals surface area (Å²) in [4.78, 5) is 0. The van der Waals surface area contributed by atoms with Gasteiger partial charge in [0.05, 0.1) is 19.2 Å². The average molecular weight is 316 g/mol. The summed E-state index contributed by atoms with van der Waals surface area (Å²) in [5.41, 5.74) is 1.10. The third-order valence-corrected chi connectivity index (χ3v) is 3.87. The number of nitrogens with one attached hydrogen (secondary N) is 1. The maximum atomic E-state index is 6.31. The van der Waals surface area contributed by atoms with E-state index in [-0.39, 0.29) is 6.04 Å². The van der Waals surface area contributed by atoms with Crippen molar-refractivity contribution < 1.29 is 14.2 Å². The van der Waals surface area contributed by atoms with Crippen molar-refractivity contribution in [1.29, 1.82) is 0 Å². The van der Waals surface area contributed by atoms with E-state index in [0.29, 0.717) is 22.4 Å². The molecule has 0 amide bonds. The maximum Gasteiger partial charge on any atom is 0.179 e. The summed E-state index contributed by atoms with van der Waals surface area (Å²) in [6, 6.07) is 4.13. The topological polar surface area (TPSA) is 39.7 Å². The van der Waals surface area contributed by atoms with Gasteiger partial charge in [-0.1, -0.05) is 25.4 Å². The molecule has 0 heterocycles. The molecule has 0 spiro atoms. The second kappa shape index (κ2) is 9.13. The highest BCUT2D eigenvalue weighted by Crippen LogP contribution is 2.39. The molecule has 0 saturated heterocycles. The van der Waals surface area contributed by atoms with E-state index in [4.69, 9.17) is 25.8 Å². The molecule has 2 unspecified atom stereocenters. The summed E-state index contributed by atoms with van der Waals surface area (Å²) in [6.45, 7) is 5.92. The van der Waals surface area contributed by atoms with Crippen LogP contribution >= 0.6 is 11.6 Å². The molecule has 1 N–H and O–H groups in total. The van der Waals surface area contributed by atoms with Gasteiger partial charge >= 0.3 is 0 Å². The lowest BCUT2D eigenvalue weighted by Gasteiger charge is -2.26. The van der Waals surface area contributed by atoms with E-state index in [9.17, 15) is 0 Å². The van der Waals surface area contributed by atoms with Gasteiger partial charge in [-0.2, -0.15) is 0 Å². The fourth-order valence-electron chi connectivity index (χ4n) is 2.46. The minimum absolute atomic E-state index is 0.197. The van der Waals surface area contributed by atoms with E-state index >= 15 is 0 Å². The molecule has 0 saturated carbocycles. The first kappa shape index (κ1) is 18.1. The Morgan fingerprint density at radius 3 is 2.43 bits per heavy atom. The van der Waals surface area contributed by atoms with E-state index in [1.807, 2.05) is 12.1 Å². The van der Waals surface area contributed by atoms with Gasteiger partial charge in [0.15, 0.2) is 11.5 Å². The van der Waals surface area contributed by atoms with Gasteiger partial charge in [0.25, 0.3) is 0 Å². The van der Waals surface area contributed by atoms with Gasteiger partial charge in [-0.05, 0) is 36.6 Å². The Balaban J connectivity index is 3.10. The van der Waals surface area contributed by atoms with Gasteiger partial charge in [0, 0.05) is 19.8 Å². The highest BCUT2D eigenvalue weighted by Gasteiger charge is 2.21.